The topological polar surface area (TPSA) is 50.8 Å². The van der Waals surface area contributed by atoms with Crippen molar-refractivity contribution in [2.24, 2.45) is 0 Å². The number of nitrogens with zero attached hydrogens (tertiary/aromatic N) is 1. The van der Waals surface area contributed by atoms with Crippen molar-refractivity contribution in [3.63, 3.8) is 0 Å². The Hall–Kier alpha value is -1.51. The van der Waals surface area contributed by atoms with E-state index < -0.39 is 0 Å². The third-order valence-electron chi connectivity index (χ3n) is 3.77. The third kappa shape index (κ3) is 5.23. The minimum absolute atomic E-state index is 0.0599. The van der Waals surface area contributed by atoms with Crippen LogP contribution in [0.3, 0.4) is 0 Å². The number of benzene rings is 2. The molecule has 5 nitrogen and oxygen atoms in total. The van der Waals surface area contributed by atoms with E-state index in [0.29, 0.717) is 29.7 Å². The van der Waals surface area contributed by atoms with Gasteiger partial charge in [-0.05, 0) is 65.1 Å². The number of nitrogens with one attached hydrogen (secondary N) is 1. The van der Waals surface area contributed by atoms with Gasteiger partial charge in [0.15, 0.2) is 6.61 Å². The first-order chi connectivity index (χ1) is 12.1. The van der Waals surface area contributed by atoms with E-state index in [1.165, 1.54) is 0 Å². The number of hydrogen-bond acceptors (Lipinski definition) is 4. The summed E-state index contributed by atoms with van der Waals surface area (Å²) in [4.78, 5) is 14.5. The van der Waals surface area contributed by atoms with Crippen molar-refractivity contribution in [2.45, 2.75) is 0 Å². The number of amides is 1. The highest BCUT2D eigenvalue weighted by Gasteiger charge is 2.16. The van der Waals surface area contributed by atoms with Crippen molar-refractivity contribution in [1.29, 1.82) is 0 Å². The zero-order valence-electron chi connectivity index (χ0n) is 13.5. The van der Waals surface area contributed by atoms with Crippen molar-refractivity contribution in [1.82, 2.24) is 0 Å². The first kappa shape index (κ1) is 18.3. The largest absolute Gasteiger partial charge is 0.484 e. The van der Waals surface area contributed by atoms with Crippen molar-refractivity contribution in [3.05, 3.63) is 51.1 Å². The van der Waals surface area contributed by atoms with Crippen molar-refractivity contribution >= 4 is 51.5 Å². The molecule has 0 saturated carbocycles. The molecule has 0 radical (unpaired) electrons. The average molecular weight is 473 g/mol. The minimum Gasteiger partial charge on any atom is -0.484 e. The molecule has 132 valence electrons. The van der Waals surface area contributed by atoms with Crippen molar-refractivity contribution < 1.29 is 14.3 Å². The second-order valence-electron chi connectivity index (χ2n) is 5.55. The fraction of sp³-hybridized carbons (Fsp3) is 0.278. The highest BCUT2D eigenvalue weighted by Crippen LogP contribution is 2.30. The smallest absolute Gasteiger partial charge is 0.262 e. The van der Waals surface area contributed by atoms with Gasteiger partial charge in [-0.1, -0.05) is 11.6 Å². The zero-order chi connectivity index (χ0) is 17.6. The summed E-state index contributed by atoms with van der Waals surface area (Å²) in [6.07, 6.45) is 0. The van der Waals surface area contributed by atoms with E-state index in [1.807, 2.05) is 36.4 Å². The Bertz CT molecular complexity index is 734. The number of halogens is 2. The highest BCUT2D eigenvalue weighted by molar-refractivity contribution is 14.1. The lowest BCUT2D eigenvalue weighted by Crippen LogP contribution is -2.37. The van der Waals surface area contributed by atoms with Crippen LogP contribution in [0.1, 0.15) is 0 Å². The fourth-order valence-corrected chi connectivity index (χ4v) is 3.09. The third-order valence-corrected chi connectivity index (χ3v) is 4.72. The SMILES string of the molecule is O=C(COc1ccc(I)cc1)Nc1cc(Cl)ccc1N1CCOCC1. The molecule has 1 aliphatic heterocycles. The van der Waals surface area contributed by atoms with Crippen LogP contribution in [0, 0.1) is 3.57 Å². The van der Waals surface area contributed by atoms with Crippen molar-refractivity contribution in [2.75, 3.05) is 43.1 Å². The Morgan fingerprint density at radius 3 is 2.64 bits per heavy atom. The van der Waals surface area contributed by atoms with E-state index in [9.17, 15) is 4.79 Å². The molecule has 0 aromatic heterocycles. The molecule has 0 unspecified atom stereocenters. The van der Waals surface area contributed by atoms with Gasteiger partial charge in [-0.25, -0.2) is 0 Å². The molecular weight excluding hydrogens is 455 g/mol. The van der Waals surface area contributed by atoms with Crippen LogP contribution in [0.2, 0.25) is 5.02 Å². The van der Waals surface area contributed by atoms with Gasteiger partial charge in [-0.15, -0.1) is 0 Å². The van der Waals surface area contributed by atoms with E-state index in [0.717, 1.165) is 22.3 Å². The maximum Gasteiger partial charge on any atom is 0.262 e. The molecule has 1 amide bonds. The summed E-state index contributed by atoms with van der Waals surface area (Å²) < 4.78 is 12.0. The highest BCUT2D eigenvalue weighted by atomic mass is 127. The van der Waals surface area contributed by atoms with Gasteiger partial charge < -0.3 is 19.7 Å². The zero-order valence-corrected chi connectivity index (χ0v) is 16.4. The second-order valence-corrected chi connectivity index (χ2v) is 7.23. The maximum atomic E-state index is 12.3. The molecule has 2 aromatic carbocycles. The van der Waals surface area contributed by atoms with Gasteiger partial charge in [0.25, 0.3) is 5.91 Å². The molecule has 1 saturated heterocycles. The van der Waals surface area contributed by atoms with Crippen molar-refractivity contribution in [3.8, 4) is 5.75 Å². The Kier molecular flexibility index (Phi) is 6.39. The van der Waals surface area contributed by atoms with Crippen LogP contribution in [0.15, 0.2) is 42.5 Å². The average Bonchev–Trinajstić information content (AvgIpc) is 2.62. The summed E-state index contributed by atoms with van der Waals surface area (Å²) in [5.74, 6) is 0.436. The van der Waals surface area contributed by atoms with Crippen LogP contribution in [-0.4, -0.2) is 38.8 Å². The normalized spacial score (nSPS) is 14.2. The van der Waals surface area contributed by atoms with Crippen LogP contribution in [-0.2, 0) is 9.53 Å². The molecule has 1 aliphatic rings. The number of ether oxygens (including phenoxy) is 2. The van der Waals surface area contributed by atoms with Gasteiger partial charge in [0, 0.05) is 21.7 Å². The van der Waals surface area contributed by atoms with Crippen LogP contribution in [0.25, 0.3) is 0 Å². The second kappa shape index (κ2) is 8.73. The lowest BCUT2D eigenvalue weighted by atomic mass is 10.2. The van der Waals surface area contributed by atoms with E-state index in [-0.39, 0.29) is 12.5 Å². The number of carbonyl (C=O) groups excluding carboxylic acids is 1. The summed E-state index contributed by atoms with van der Waals surface area (Å²) in [6, 6.07) is 13.0. The molecule has 0 spiro atoms. The van der Waals surface area contributed by atoms with E-state index in [2.05, 4.69) is 32.8 Å². The van der Waals surface area contributed by atoms with Gasteiger partial charge >= 0.3 is 0 Å². The monoisotopic (exact) mass is 472 g/mol. The van der Waals surface area contributed by atoms with E-state index in [4.69, 9.17) is 21.1 Å². The molecule has 0 aliphatic carbocycles. The van der Waals surface area contributed by atoms with Crippen LogP contribution >= 0.6 is 34.2 Å². The molecule has 3 rings (SSSR count). The number of carbonyl (C=O) groups is 1. The summed E-state index contributed by atoms with van der Waals surface area (Å²) in [7, 11) is 0. The molecule has 2 aromatic rings. The molecule has 0 bridgehead atoms. The fourth-order valence-electron chi connectivity index (χ4n) is 2.55. The van der Waals surface area contributed by atoms with E-state index >= 15 is 0 Å². The molecule has 1 N–H and O–H groups in total. The Morgan fingerprint density at radius 2 is 1.92 bits per heavy atom. The van der Waals surface area contributed by atoms with E-state index in [1.54, 1.807) is 6.07 Å². The molecule has 25 heavy (non-hydrogen) atoms. The van der Waals surface area contributed by atoms with Gasteiger partial charge in [-0.2, -0.15) is 0 Å². The summed E-state index contributed by atoms with van der Waals surface area (Å²) in [5, 5.41) is 3.47. The number of hydrogen-bond donors (Lipinski definition) is 1. The first-order valence-corrected chi connectivity index (χ1v) is 9.38. The molecule has 1 fully saturated rings. The Morgan fingerprint density at radius 1 is 1.20 bits per heavy atom. The Labute approximate surface area is 165 Å². The Balaban J connectivity index is 1.65. The lowest BCUT2D eigenvalue weighted by Gasteiger charge is -2.30. The first-order valence-electron chi connectivity index (χ1n) is 7.92. The quantitative estimate of drug-likeness (QED) is 0.673. The van der Waals surface area contributed by atoms with Crippen LogP contribution in [0.5, 0.6) is 5.75 Å². The molecular formula is C18H18ClIN2O3. The number of anilines is 2. The maximum absolute atomic E-state index is 12.3. The van der Waals surface area contributed by atoms with Gasteiger partial charge in [0.2, 0.25) is 0 Å². The predicted octanol–water partition coefficient (Wildman–Crippen LogP) is 3.80. The lowest BCUT2D eigenvalue weighted by molar-refractivity contribution is -0.118. The molecule has 7 heteroatoms. The summed E-state index contributed by atoms with van der Waals surface area (Å²) in [6.45, 7) is 2.85. The van der Waals surface area contributed by atoms with Crippen LogP contribution < -0.4 is 15.0 Å². The van der Waals surface area contributed by atoms with Gasteiger partial charge in [-0.3, -0.25) is 4.79 Å². The molecule has 0 atom stereocenters. The minimum atomic E-state index is -0.227. The van der Waals surface area contributed by atoms with Gasteiger partial charge in [0.05, 0.1) is 24.6 Å². The predicted molar refractivity (Wildman–Crippen MR) is 108 cm³/mol. The van der Waals surface area contributed by atoms with Crippen LogP contribution in [0.4, 0.5) is 11.4 Å². The summed E-state index contributed by atoms with van der Waals surface area (Å²) in [5.41, 5.74) is 1.63. The van der Waals surface area contributed by atoms with Gasteiger partial charge in [0.1, 0.15) is 5.75 Å². The standard InChI is InChI=1S/C18H18ClIN2O3/c19-13-1-6-17(22-7-9-24-10-8-22)16(11-13)21-18(23)12-25-15-4-2-14(20)3-5-15/h1-6,11H,7-10,12H2,(H,21,23). The number of rotatable bonds is 5. The number of morpholine rings is 1. The summed E-state index contributed by atoms with van der Waals surface area (Å²) >= 11 is 8.32. The molecule has 1 heterocycles.